The summed E-state index contributed by atoms with van der Waals surface area (Å²) in [5.74, 6) is -2.69. The molecule has 2 unspecified atom stereocenters. The van der Waals surface area contributed by atoms with Crippen LogP contribution < -0.4 is 5.11 Å². The molecule has 1 saturated carbocycles. The normalized spacial score (nSPS) is 27.6. The molecular formula is C23H24NO3-. The number of benzene rings is 2. The van der Waals surface area contributed by atoms with Gasteiger partial charge in [-0.2, -0.15) is 0 Å². The lowest BCUT2D eigenvalue weighted by Crippen LogP contribution is -2.58. The molecule has 2 aromatic rings. The van der Waals surface area contributed by atoms with Gasteiger partial charge in [0.05, 0.1) is 5.92 Å². The second-order valence-electron chi connectivity index (χ2n) is 7.63. The van der Waals surface area contributed by atoms with Crippen molar-refractivity contribution in [3.8, 4) is 0 Å². The Kier molecular flexibility index (Phi) is 4.97. The topological polar surface area (TPSA) is 60.4 Å². The van der Waals surface area contributed by atoms with Gasteiger partial charge in [0.15, 0.2) is 0 Å². The fourth-order valence-electron chi connectivity index (χ4n) is 4.85. The van der Waals surface area contributed by atoms with E-state index in [-0.39, 0.29) is 23.7 Å². The van der Waals surface area contributed by atoms with Crippen molar-refractivity contribution in [2.75, 3.05) is 13.1 Å². The summed E-state index contributed by atoms with van der Waals surface area (Å²) < 4.78 is 0. The molecule has 0 radical (unpaired) electrons. The lowest BCUT2D eigenvalue weighted by atomic mass is 9.52. The number of hydrogen-bond acceptors (Lipinski definition) is 3. The van der Waals surface area contributed by atoms with Gasteiger partial charge in [-0.25, -0.2) is 0 Å². The number of carbonyl (C=O) groups is 2. The van der Waals surface area contributed by atoms with E-state index < -0.39 is 11.9 Å². The van der Waals surface area contributed by atoms with E-state index in [0.29, 0.717) is 0 Å². The third-order valence-corrected chi connectivity index (χ3v) is 6.14. The first kappa shape index (κ1) is 17.8. The van der Waals surface area contributed by atoms with Gasteiger partial charge in [-0.15, -0.1) is 0 Å². The zero-order valence-corrected chi connectivity index (χ0v) is 15.3. The van der Waals surface area contributed by atoms with Crippen molar-refractivity contribution in [3.05, 3.63) is 71.8 Å². The number of aliphatic carboxylic acids is 1. The van der Waals surface area contributed by atoms with Gasteiger partial charge in [0, 0.05) is 36.8 Å². The number of likely N-dealkylation sites (tertiary alicyclic amines) is 1. The van der Waals surface area contributed by atoms with E-state index in [1.165, 1.54) is 0 Å². The van der Waals surface area contributed by atoms with E-state index >= 15 is 0 Å². The van der Waals surface area contributed by atoms with E-state index in [4.69, 9.17) is 0 Å². The van der Waals surface area contributed by atoms with E-state index in [0.717, 1.165) is 43.5 Å². The van der Waals surface area contributed by atoms with Crippen LogP contribution in [0.4, 0.5) is 0 Å². The van der Waals surface area contributed by atoms with Crippen LogP contribution in [-0.2, 0) is 9.59 Å². The largest absolute Gasteiger partial charge is 0.550 e. The maximum absolute atomic E-state index is 13.4. The lowest BCUT2D eigenvalue weighted by molar-refractivity contribution is -0.317. The predicted molar refractivity (Wildman–Crippen MR) is 101 cm³/mol. The maximum Gasteiger partial charge on any atom is 0.226 e. The summed E-state index contributed by atoms with van der Waals surface area (Å²) >= 11 is 0. The van der Waals surface area contributed by atoms with Gasteiger partial charge in [-0.1, -0.05) is 60.7 Å². The molecule has 4 nitrogen and oxygen atoms in total. The summed E-state index contributed by atoms with van der Waals surface area (Å²) in [5.41, 5.74) is 1.82. The Morgan fingerprint density at radius 1 is 0.741 bits per heavy atom. The number of nitrogens with zero attached hydrogens (tertiary/aromatic N) is 1. The molecule has 0 N–H and O–H groups in total. The molecule has 4 heteroatoms. The van der Waals surface area contributed by atoms with Crippen molar-refractivity contribution in [2.45, 2.75) is 31.1 Å². The summed E-state index contributed by atoms with van der Waals surface area (Å²) in [4.78, 5) is 27.4. The van der Waals surface area contributed by atoms with Gasteiger partial charge >= 0.3 is 0 Å². The van der Waals surface area contributed by atoms with Gasteiger partial charge in [-0.05, 0) is 30.4 Å². The van der Waals surface area contributed by atoms with Crippen LogP contribution in [0.15, 0.2) is 60.7 Å². The zero-order valence-electron chi connectivity index (χ0n) is 15.3. The first-order valence-electron chi connectivity index (χ1n) is 9.78. The molecule has 1 aliphatic heterocycles. The minimum Gasteiger partial charge on any atom is -0.550 e. The number of amides is 1. The van der Waals surface area contributed by atoms with E-state index in [1.807, 2.05) is 65.6 Å². The first-order valence-corrected chi connectivity index (χ1v) is 9.78. The fraction of sp³-hybridized carbons (Fsp3) is 0.391. The van der Waals surface area contributed by atoms with Gasteiger partial charge in [0.25, 0.3) is 0 Å². The standard InChI is InChI=1S/C23H25NO3/c25-22(24-14-8-3-9-15-24)20-18(16-10-4-1-5-11-16)21(23(26)27)19(20)17-12-6-2-7-13-17/h1-2,4-7,10-13,18-21H,3,8-9,14-15H2,(H,26,27)/p-1/t18-,19+,20?,21?. The van der Waals surface area contributed by atoms with Crippen LogP contribution in [0.25, 0.3) is 0 Å². The van der Waals surface area contributed by atoms with Crippen LogP contribution in [0, 0.1) is 11.8 Å². The average Bonchev–Trinajstić information content (AvgIpc) is 2.69. The summed E-state index contributed by atoms with van der Waals surface area (Å²) in [7, 11) is 0. The van der Waals surface area contributed by atoms with Crippen molar-refractivity contribution in [2.24, 2.45) is 11.8 Å². The molecule has 2 aromatic carbocycles. The summed E-state index contributed by atoms with van der Waals surface area (Å²) in [5, 5.41) is 12.1. The van der Waals surface area contributed by atoms with Crippen LogP contribution in [-0.4, -0.2) is 29.9 Å². The molecule has 1 aliphatic carbocycles. The number of rotatable bonds is 4. The number of carbonyl (C=O) groups excluding carboxylic acids is 2. The van der Waals surface area contributed by atoms with Crippen LogP contribution >= 0.6 is 0 Å². The van der Waals surface area contributed by atoms with Crippen molar-refractivity contribution in [1.82, 2.24) is 4.90 Å². The fourth-order valence-corrected chi connectivity index (χ4v) is 4.85. The monoisotopic (exact) mass is 362 g/mol. The van der Waals surface area contributed by atoms with Gasteiger partial charge < -0.3 is 14.8 Å². The lowest BCUT2D eigenvalue weighted by Gasteiger charge is -2.53. The molecule has 2 fully saturated rings. The van der Waals surface area contributed by atoms with Crippen molar-refractivity contribution in [1.29, 1.82) is 0 Å². The molecule has 0 spiro atoms. The second kappa shape index (κ2) is 7.55. The Bertz CT molecular complexity index is 751. The van der Waals surface area contributed by atoms with Crippen LogP contribution in [0.1, 0.15) is 42.2 Å². The molecule has 1 saturated heterocycles. The average molecular weight is 362 g/mol. The minimum atomic E-state index is -1.07. The Balaban J connectivity index is 1.73. The van der Waals surface area contributed by atoms with Crippen molar-refractivity contribution in [3.63, 3.8) is 0 Å². The van der Waals surface area contributed by atoms with Crippen LogP contribution in [0.5, 0.6) is 0 Å². The van der Waals surface area contributed by atoms with Gasteiger partial charge in [0.2, 0.25) is 5.91 Å². The quantitative estimate of drug-likeness (QED) is 0.840. The van der Waals surface area contributed by atoms with E-state index in [9.17, 15) is 14.7 Å². The van der Waals surface area contributed by atoms with Crippen LogP contribution in [0.3, 0.4) is 0 Å². The third kappa shape index (κ3) is 3.25. The molecule has 4 atom stereocenters. The van der Waals surface area contributed by atoms with E-state index in [1.54, 1.807) is 0 Å². The number of piperidine rings is 1. The summed E-state index contributed by atoms with van der Waals surface area (Å²) in [6.45, 7) is 1.54. The Morgan fingerprint density at radius 3 is 1.67 bits per heavy atom. The second-order valence-corrected chi connectivity index (χ2v) is 7.63. The van der Waals surface area contributed by atoms with Gasteiger partial charge in [0.1, 0.15) is 0 Å². The number of carboxylic acids is 1. The molecule has 2 aliphatic rings. The molecule has 140 valence electrons. The van der Waals surface area contributed by atoms with Crippen LogP contribution in [0.2, 0.25) is 0 Å². The van der Waals surface area contributed by atoms with E-state index in [2.05, 4.69) is 0 Å². The Hall–Kier alpha value is -2.62. The first-order chi connectivity index (χ1) is 13.2. The third-order valence-electron chi connectivity index (χ3n) is 6.14. The molecule has 1 amide bonds. The zero-order chi connectivity index (χ0) is 18.8. The number of hydrogen-bond donors (Lipinski definition) is 0. The number of carboxylic acid groups (broad SMARTS) is 1. The maximum atomic E-state index is 13.4. The highest BCUT2D eigenvalue weighted by molar-refractivity contribution is 5.87. The summed E-state index contributed by atoms with van der Waals surface area (Å²) in [6, 6.07) is 19.1. The Labute approximate surface area is 159 Å². The summed E-state index contributed by atoms with van der Waals surface area (Å²) in [6.07, 6.45) is 3.20. The highest BCUT2D eigenvalue weighted by Crippen LogP contribution is 2.57. The van der Waals surface area contributed by atoms with Crippen molar-refractivity contribution >= 4 is 11.9 Å². The molecule has 27 heavy (non-hydrogen) atoms. The molecule has 0 aromatic heterocycles. The molecule has 0 bridgehead atoms. The molecule has 1 heterocycles. The predicted octanol–water partition coefficient (Wildman–Crippen LogP) is 2.56. The highest BCUT2D eigenvalue weighted by Gasteiger charge is 2.56. The molecular weight excluding hydrogens is 338 g/mol. The SMILES string of the molecule is O=C([O-])C1[C@@H](c2ccccc2)C(C(=O)N2CCCCC2)[C@H]1c1ccccc1. The smallest absolute Gasteiger partial charge is 0.226 e. The molecule has 4 rings (SSSR count). The van der Waals surface area contributed by atoms with Crippen molar-refractivity contribution < 1.29 is 14.7 Å². The van der Waals surface area contributed by atoms with Gasteiger partial charge in [-0.3, -0.25) is 4.79 Å². The minimum absolute atomic E-state index is 0.0925. The highest BCUT2D eigenvalue weighted by atomic mass is 16.4. The Morgan fingerprint density at radius 2 is 1.22 bits per heavy atom.